The maximum Gasteiger partial charge on any atom is 0.265 e. The number of amides is 2. The third-order valence-corrected chi connectivity index (χ3v) is 7.28. The molecule has 204 valence electrons. The molecule has 40 heavy (non-hydrogen) atoms. The number of rotatable bonds is 11. The highest BCUT2D eigenvalue weighted by molar-refractivity contribution is 7.92. The van der Waals surface area contributed by atoms with Crippen molar-refractivity contribution in [3.8, 4) is 5.75 Å². The van der Waals surface area contributed by atoms with Gasteiger partial charge in [0.1, 0.15) is 18.1 Å². The number of carbonyl (C=O) groups is 2. The normalized spacial score (nSPS) is 11.1. The first-order chi connectivity index (χ1) is 19.3. The molecule has 4 aromatic rings. The van der Waals surface area contributed by atoms with Gasteiger partial charge in [0.05, 0.1) is 11.1 Å². The molecular formula is C29H27N5O5S. The molecule has 2 N–H and O–H groups in total. The van der Waals surface area contributed by atoms with Gasteiger partial charge in [-0.1, -0.05) is 42.0 Å². The Hall–Kier alpha value is -5.03. The summed E-state index contributed by atoms with van der Waals surface area (Å²) in [5.74, 6) is -0.349. The Balaban J connectivity index is 1.31. The summed E-state index contributed by atoms with van der Waals surface area (Å²) >= 11 is 0. The molecule has 0 atom stereocenters. The van der Waals surface area contributed by atoms with Gasteiger partial charge in [0.25, 0.3) is 21.8 Å². The molecule has 3 aromatic carbocycles. The van der Waals surface area contributed by atoms with E-state index in [1.165, 1.54) is 30.6 Å². The molecule has 11 heteroatoms. The monoisotopic (exact) mass is 557 g/mol. The second-order valence-corrected chi connectivity index (χ2v) is 10.4. The number of aryl methyl sites for hydroxylation is 1. The second kappa shape index (κ2) is 13.2. The zero-order valence-electron chi connectivity index (χ0n) is 21.6. The maximum atomic E-state index is 13.2. The number of ether oxygens (including phenoxy) is 1. The van der Waals surface area contributed by atoms with E-state index >= 15 is 0 Å². The minimum absolute atomic E-state index is 0.0342. The van der Waals surface area contributed by atoms with Crippen LogP contribution in [-0.2, 0) is 19.6 Å². The Morgan fingerprint density at radius 1 is 0.900 bits per heavy atom. The van der Waals surface area contributed by atoms with Crippen LogP contribution in [0.4, 0.5) is 11.5 Å². The summed E-state index contributed by atoms with van der Waals surface area (Å²) < 4.78 is 32.9. The third kappa shape index (κ3) is 7.74. The standard InChI is InChI=1S/C29H27N5O5S/c1-22-10-14-24(15-11-22)32-29(36)21-39-25-16-12-23(13-17-25)19-31-33-28(35)20-34(27-9-5-6-18-30-27)40(37,38)26-7-3-2-4-8-26/h2-19H,20-21H2,1H3,(H,32,36)(H,33,35)/b31-19-. The second-order valence-electron chi connectivity index (χ2n) is 8.58. The first kappa shape index (κ1) is 28.0. The molecule has 0 radical (unpaired) electrons. The Labute approximate surface area is 232 Å². The summed E-state index contributed by atoms with van der Waals surface area (Å²) in [6, 6.07) is 26.8. The minimum atomic E-state index is -4.05. The lowest BCUT2D eigenvalue weighted by Gasteiger charge is -2.22. The summed E-state index contributed by atoms with van der Waals surface area (Å²) in [5, 5.41) is 6.69. The predicted molar refractivity (Wildman–Crippen MR) is 153 cm³/mol. The molecule has 2 amide bonds. The van der Waals surface area contributed by atoms with Gasteiger partial charge in [0, 0.05) is 11.9 Å². The lowest BCUT2D eigenvalue weighted by atomic mass is 10.2. The summed E-state index contributed by atoms with van der Waals surface area (Å²) in [5.41, 5.74) is 4.78. The van der Waals surface area contributed by atoms with Gasteiger partial charge >= 0.3 is 0 Å². The van der Waals surface area contributed by atoms with Crippen molar-refractivity contribution in [2.75, 3.05) is 22.8 Å². The van der Waals surface area contributed by atoms with Gasteiger partial charge < -0.3 is 10.1 Å². The molecule has 10 nitrogen and oxygen atoms in total. The first-order valence-electron chi connectivity index (χ1n) is 12.2. The number of carbonyl (C=O) groups excluding carboxylic acids is 2. The molecule has 0 unspecified atom stereocenters. The van der Waals surface area contributed by atoms with E-state index < -0.39 is 22.5 Å². The van der Waals surface area contributed by atoms with Crippen LogP contribution in [0.3, 0.4) is 0 Å². The number of hydrazone groups is 1. The quantitative estimate of drug-likeness (QED) is 0.213. The van der Waals surface area contributed by atoms with E-state index in [9.17, 15) is 18.0 Å². The average Bonchev–Trinajstić information content (AvgIpc) is 2.97. The number of anilines is 2. The van der Waals surface area contributed by atoms with Gasteiger partial charge in [-0.3, -0.25) is 9.59 Å². The van der Waals surface area contributed by atoms with Crippen molar-refractivity contribution >= 4 is 39.6 Å². The molecule has 0 saturated carbocycles. The number of nitrogens with zero attached hydrogens (tertiary/aromatic N) is 3. The molecule has 0 aliphatic carbocycles. The van der Waals surface area contributed by atoms with E-state index in [0.29, 0.717) is 17.0 Å². The van der Waals surface area contributed by atoms with E-state index in [1.54, 1.807) is 54.6 Å². The number of hydrogen-bond acceptors (Lipinski definition) is 7. The van der Waals surface area contributed by atoms with Crippen LogP contribution in [0.2, 0.25) is 0 Å². The molecule has 0 bridgehead atoms. The fourth-order valence-electron chi connectivity index (χ4n) is 3.49. The zero-order valence-corrected chi connectivity index (χ0v) is 22.4. The highest BCUT2D eigenvalue weighted by Gasteiger charge is 2.27. The van der Waals surface area contributed by atoms with Crippen molar-refractivity contribution in [2.24, 2.45) is 5.10 Å². The number of nitrogens with one attached hydrogen (secondary N) is 2. The highest BCUT2D eigenvalue weighted by Crippen LogP contribution is 2.21. The largest absolute Gasteiger partial charge is 0.484 e. The molecule has 0 spiro atoms. The van der Waals surface area contributed by atoms with Crippen molar-refractivity contribution in [2.45, 2.75) is 11.8 Å². The van der Waals surface area contributed by atoms with Crippen molar-refractivity contribution in [3.63, 3.8) is 0 Å². The zero-order chi connectivity index (χ0) is 28.4. The number of benzene rings is 3. The van der Waals surface area contributed by atoms with Crippen LogP contribution in [0, 0.1) is 6.92 Å². The first-order valence-corrected chi connectivity index (χ1v) is 13.7. The molecule has 1 heterocycles. The SMILES string of the molecule is Cc1ccc(NC(=O)COc2ccc(/C=N\NC(=O)CN(c3ccccn3)S(=O)(=O)c3ccccc3)cc2)cc1. The van der Waals surface area contributed by atoms with Crippen molar-refractivity contribution in [1.82, 2.24) is 10.4 Å². The Morgan fingerprint density at radius 2 is 1.60 bits per heavy atom. The Bertz CT molecular complexity index is 1560. The smallest absolute Gasteiger partial charge is 0.265 e. The highest BCUT2D eigenvalue weighted by atomic mass is 32.2. The molecule has 4 rings (SSSR count). The summed E-state index contributed by atoms with van der Waals surface area (Å²) in [6.07, 6.45) is 2.85. The van der Waals surface area contributed by atoms with Gasteiger partial charge in [0.2, 0.25) is 0 Å². The lowest BCUT2D eigenvalue weighted by Crippen LogP contribution is -2.40. The lowest BCUT2D eigenvalue weighted by molar-refractivity contribution is -0.119. The summed E-state index contributed by atoms with van der Waals surface area (Å²) in [4.78, 5) is 28.9. The number of aromatic nitrogens is 1. The Morgan fingerprint density at radius 3 is 2.27 bits per heavy atom. The number of hydrogen-bond donors (Lipinski definition) is 2. The van der Waals surface area contributed by atoms with Gasteiger partial charge in [0.15, 0.2) is 6.61 Å². The number of pyridine rings is 1. The molecule has 0 fully saturated rings. The van der Waals surface area contributed by atoms with Crippen LogP contribution in [0.5, 0.6) is 5.75 Å². The van der Waals surface area contributed by atoms with Crippen LogP contribution in [0.1, 0.15) is 11.1 Å². The van der Waals surface area contributed by atoms with E-state index in [0.717, 1.165) is 9.87 Å². The van der Waals surface area contributed by atoms with Crippen molar-refractivity contribution < 1.29 is 22.7 Å². The van der Waals surface area contributed by atoms with Crippen molar-refractivity contribution in [1.29, 1.82) is 0 Å². The van der Waals surface area contributed by atoms with E-state index in [1.807, 2.05) is 31.2 Å². The maximum absolute atomic E-state index is 13.2. The molecular weight excluding hydrogens is 530 g/mol. The fourth-order valence-corrected chi connectivity index (χ4v) is 4.88. The van der Waals surface area contributed by atoms with E-state index in [4.69, 9.17) is 4.74 Å². The molecule has 0 saturated heterocycles. The van der Waals surface area contributed by atoms with Crippen LogP contribution < -0.4 is 19.8 Å². The average molecular weight is 558 g/mol. The fraction of sp³-hybridized carbons (Fsp3) is 0.103. The predicted octanol–water partition coefficient (Wildman–Crippen LogP) is 3.75. The Kier molecular flexibility index (Phi) is 9.21. The third-order valence-electron chi connectivity index (χ3n) is 5.51. The van der Waals surface area contributed by atoms with Gasteiger partial charge in [-0.2, -0.15) is 5.10 Å². The molecule has 1 aromatic heterocycles. The van der Waals surface area contributed by atoms with Gasteiger partial charge in [-0.15, -0.1) is 0 Å². The molecule has 0 aliphatic rings. The summed E-state index contributed by atoms with van der Waals surface area (Å²) in [6.45, 7) is 1.28. The van der Waals surface area contributed by atoms with Gasteiger partial charge in [-0.25, -0.2) is 23.1 Å². The van der Waals surface area contributed by atoms with Crippen LogP contribution >= 0.6 is 0 Å². The summed E-state index contributed by atoms with van der Waals surface area (Å²) in [7, 11) is -4.05. The van der Waals surface area contributed by atoms with Crippen molar-refractivity contribution in [3.05, 3.63) is 114 Å². The molecule has 0 aliphatic heterocycles. The minimum Gasteiger partial charge on any atom is -0.484 e. The van der Waals surface area contributed by atoms with Crippen LogP contribution in [-0.4, -0.2) is 44.6 Å². The van der Waals surface area contributed by atoms with E-state index in [-0.39, 0.29) is 23.2 Å². The van der Waals surface area contributed by atoms with Crippen LogP contribution in [0.15, 0.2) is 113 Å². The van der Waals surface area contributed by atoms with Crippen LogP contribution in [0.25, 0.3) is 0 Å². The van der Waals surface area contributed by atoms with E-state index in [2.05, 4.69) is 20.8 Å². The topological polar surface area (TPSA) is 130 Å². The number of sulfonamides is 1. The van der Waals surface area contributed by atoms with Gasteiger partial charge in [-0.05, 0) is 73.2 Å².